The summed E-state index contributed by atoms with van der Waals surface area (Å²) in [5, 5.41) is 3.09. The molecule has 1 fully saturated rings. The second kappa shape index (κ2) is 7.10. The van der Waals surface area contributed by atoms with Crippen molar-refractivity contribution in [2.75, 3.05) is 19.8 Å². The van der Waals surface area contributed by atoms with Crippen molar-refractivity contribution >= 4 is 5.91 Å². The first-order valence-electron chi connectivity index (χ1n) is 7.02. The topological polar surface area (TPSA) is 64.4 Å². The van der Waals surface area contributed by atoms with Gasteiger partial charge in [0.1, 0.15) is 0 Å². The molecule has 18 heavy (non-hydrogen) atoms. The molecule has 1 aliphatic heterocycles. The van der Waals surface area contributed by atoms with Gasteiger partial charge >= 0.3 is 0 Å². The van der Waals surface area contributed by atoms with Crippen LogP contribution in [0.1, 0.15) is 46.5 Å². The van der Waals surface area contributed by atoms with Crippen LogP contribution < -0.4 is 11.1 Å². The molecule has 2 atom stereocenters. The first kappa shape index (κ1) is 15.4. The maximum absolute atomic E-state index is 11.9. The molecule has 1 saturated heterocycles. The Morgan fingerprint density at radius 2 is 2.22 bits per heavy atom. The van der Waals surface area contributed by atoms with Crippen LogP contribution in [0.25, 0.3) is 0 Å². The van der Waals surface area contributed by atoms with E-state index in [9.17, 15) is 4.79 Å². The maximum atomic E-state index is 11.9. The van der Waals surface area contributed by atoms with Gasteiger partial charge in [-0.25, -0.2) is 0 Å². The van der Waals surface area contributed by atoms with Crippen LogP contribution in [0, 0.1) is 11.3 Å². The predicted octanol–water partition coefficient (Wildman–Crippen LogP) is 1.68. The third kappa shape index (κ3) is 5.36. The first-order valence-corrected chi connectivity index (χ1v) is 7.02. The first-order chi connectivity index (χ1) is 8.44. The van der Waals surface area contributed by atoms with Crippen molar-refractivity contribution < 1.29 is 9.53 Å². The molecule has 0 spiro atoms. The van der Waals surface area contributed by atoms with E-state index in [1.54, 1.807) is 0 Å². The van der Waals surface area contributed by atoms with Gasteiger partial charge in [0.25, 0.3) is 0 Å². The normalized spacial score (nSPS) is 21.9. The number of nitrogens with two attached hydrogens (primary N) is 1. The molecule has 4 nitrogen and oxygen atoms in total. The lowest BCUT2D eigenvalue weighted by Crippen LogP contribution is -2.38. The highest BCUT2D eigenvalue weighted by Crippen LogP contribution is 2.26. The van der Waals surface area contributed by atoms with Crippen molar-refractivity contribution in [3.63, 3.8) is 0 Å². The van der Waals surface area contributed by atoms with Crippen molar-refractivity contribution in [3.8, 4) is 0 Å². The molecular weight excluding hydrogens is 228 g/mol. The van der Waals surface area contributed by atoms with Gasteiger partial charge in [-0.15, -0.1) is 0 Å². The molecule has 0 aliphatic carbocycles. The Bertz CT molecular complexity index is 261. The molecule has 1 heterocycles. The monoisotopic (exact) mass is 256 g/mol. The van der Waals surface area contributed by atoms with E-state index >= 15 is 0 Å². The van der Waals surface area contributed by atoms with E-state index in [0.29, 0.717) is 18.9 Å². The third-order valence-electron chi connectivity index (χ3n) is 3.91. The summed E-state index contributed by atoms with van der Waals surface area (Å²) in [4.78, 5) is 11.9. The molecule has 1 amide bonds. The molecule has 1 aliphatic rings. The molecule has 0 bridgehead atoms. The molecule has 2 unspecified atom stereocenters. The molecule has 4 heteroatoms. The number of nitrogens with one attached hydrogen (secondary N) is 1. The Labute approximate surface area is 111 Å². The smallest absolute Gasteiger partial charge is 0.220 e. The van der Waals surface area contributed by atoms with Gasteiger partial charge in [-0.2, -0.15) is 0 Å². The van der Waals surface area contributed by atoms with Crippen molar-refractivity contribution in [2.45, 2.75) is 52.5 Å². The van der Waals surface area contributed by atoms with Crippen LogP contribution in [0.3, 0.4) is 0 Å². The van der Waals surface area contributed by atoms with Crippen LogP contribution in [0.15, 0.2) is 0 Å². The van der Waals surface area contributed by atoms with E-state index in [1.165, 1.54) is 0 Å². The number of hydrogen-bond donors (Lipinski definition) is 2. The van der Waals surface area contributed by atoms with Gasteiger partial charge in [0.15, 0.2) is 0 Å². The number of rotatable bonds is 7. The Hall–Kier alpha value is -0.610. The van der Waals surface area contributed by atoms with Crippen LogP contribution in [0.5, 0.6) is 0 Å². The fourth-order valence-electron chi connectivity index (χ4n) is 2.36. The molecule has 106 valence electrons. The highest BCUT2D eigenvalue weighted by Gasteiger charge is 2.24. The summed E-state index contributed by atoms with van der Waals surface area (Å²) >= 11 is 0. The van der Waals surface area contributed by atoms with E-state index in [0.717, 1.165) is 32.5 Å². The maximum Gasteiger partial charge on any atom is 0.220 e. The summed E-state index contributed by atoms with van der Waals surface area (Å²) in [6, 6.07) is 0.220. The molecule has 0 radical (unpaired) electrons. The average molecular weight is 256 g/mol. The van der Waals surface area contributed by atoms with Gasteiger partial charge in [0, 0.05) is 25.0 Å². The molecule has 0 saturated carbocycles. The lowest BCUT2D eigenvalue weighted by Gasteiger charge is -2.24. The van der Waals surface area contributed by atoms with E-state index < -0.39 is 0 Å². The van der Waals surface area contributed by atoms with Gasteiger partial charge < -0.3 is 15.8 Å². The number of carbonyl (C=O) groups excluding carboxylic acids is 1. The molecule has 1 rings (SSSR count). The van der Waals surface area contributed by atoms with Crippen LogP contribution >= 0.6 is 0 Å². The molecule has 0 aromatic heterocycles. The van der Waals surface area contributed by atoms with E-state index in [2.05, 4.69) is 26.1 Å². The number of carbonyl (C=O) groups is 1. The summed E-state index contributed by atoms with van der Waals surface area (Å²) in [6.45, 7) is 8.70. The minimum absolute atomic E-state index is 0.152. The zero-order valence-corrected chi connectivity index (χ0v) is 12.0. The van der Waals surface area contributed by atoms with Crippen molar-refractivity contribution in [2.24, 2.45) is 17.1 Å². The van der Waals surface area contributed by atoms with Gasteiger partial charge in [-0.3, -0.25) is 4.79 Å². The SMILES string of the molecule is CC(NC(=O)CCC(C)(C)CCN)C1CCOC1. The van der Waals surface area contributed by atoms with Crippen molar-refractivity contribution in [1.29, 1.82) is 0 Å². The molecule has 0 aromatic carbocycles. The molecule has 0 aromatic rings. The molecular formula is C14H28N2O2. The number of hydrogen-bond acceptors (Lipinski definition) is 3. The fourth-order valence-corrected chi connectivity index (χ4v) is 2.36. The van der Waals surface area contributed by atoms with Crippen molar-refractivity contribution in [3.05, 3.63) is 0 Å². The average Bonchev–Trinajstić information content (AvgIpc) is 2.80. The summed E-state index contributed by atoms with van der Waals surface area (Å²) in [6.07, 6.45) is 3.50. The second-order valence-corrected chi connectivity index (χ2v) is 6.18. The van der Waals surface area contributed by atoms with Gasteiger partial charge in [-0.1, -0.05) is 13.8 Å². The van der Waals surface area contributed by atoms with E-state index in [4.69, 9.17) is 10.5 Å². The standard InChI is InChI=1S/C14H28N2O2/c1-11(12-5-9-18-10-12)16-13(17)4-6-14(2,3)7-8-15/h11-12H,4-10,15H2,1-3H3,(H,16,17). The number of amides is 1. The predicted molar refractivity (Wildman–Crippen MR) is 73.2 cm³/mol. The van der Waals surface area contributed by atoms with Crippen LogP contribution in [0.2, 0.25) is 0 Å². The van der Waals surface area contributed by atoms with E-state index in [-0.39, 0.29) is 17.4 Å². The van der Waals surface area contributed by atoms with Crippen LogP contribution in [-0.2, 0) is 9.53 Å². The summed E-state index contributed by atoms with van der Waals surface area (Å²) in [5.74, 6) is 0.630. The Kier molecular flexibility index (Phi) is 6.09. The zero-order chi connectivity index (χ0) is 13.6. The Balaban J connectivity index is 2.24. The van der Waals surface area contributed by atoms with Gasteiger partial charge in [0.2, 0.25) is 5.91 Å². The second-order valence-electron chi connectivity index (χ2n) is 6.18. The van der Waals surface area contributed by atoms with Crippen molar-refractivity contribution in [1.82, 2.24) is 5.32 Å². The highest BCUT2D eigenvalue weighted by molar-refractivity contribution is 5.76. The third-order valence-corrected chi connectivity index (χ3v) is 3.91. The molecule has 3 N–H and O–H groups in total. The minimum Gasteiger partial charge on any atom is -0.381 e. The lowest BCUT2D eigenvalue weighted by molar-refractivity contribution is -0.122. The van der Waals surface area contributed by atoms with Crippen LogP contribution in [-0.4, -0.2) is 31.7 Å². The van der Waals surface area contributed by atoms with E-state index in [1.807, 2.05) is 0 Å². The quantitative estimate of drug-likeness (QED) is 0.728. The summed E-state index contributed by atoms with van der Waals surface area (Å²) in [5.41, 5.74) is 5.73. The Morgan fingerprint density at radius 1 is 1.50 bits per heavy atom. The van der Waals surface area contributed by atoms with Crippen LogP contribution in [0.4, 0.5) is 0 Å². The largest absolute Gasteiger partial charge is 0.381 e. The summed E-state index contributed by atoms with van der Waals surface area (Å²) < 4.78 is 5.34. The zero-order valence-electron chi connectivity index (χ0n) is 12.0. The number of ether oxygens (including phenoxy) is 1. The summed E-state index contributed by atoms with van der Waals surface area (Å²) in [7, 11) is 0. The minimum atomic E-state index is 0.152. The van der Waals surface area contributed by atoms with Gasteiger partial charge in [-0.05, 0) is 38.1 Å². The lowest BCUT2D eigenvalue weighted by atomic mass is 9.84. The Morgan fingerprint density at radius 3 is 2.78 bits per heavy atom. The highest BCUT2D eigenvalue weighted by atomic mass is 16.5. The fraction of sp³-hybridized carbons (Fsp3) is 0.929. The van der Waals surface area contributed by atoms with Gasteiger partial charge in [0.05, 0.1) is 6.61 Å².